The Morgan fingerprint density at radius 1 is 0.660 bits per heavy atom. The van der Waals surface area contributed by atoms with Gasteiger partial charge in [0.25, 0.3) is 0 Å². The number of amides is 2. The van der Waals surface area contributed by atoms with E-state index in [4.69, 9.17) is 9.47 Å². The van der Waals surface area contributed by atoms with Gasteiger partial charge in [-0.25, -0.2) is 0 Å². The maximum atomic E-state index is 14.8. The zero-order valence-corrected chi connectivity index (χ0v) is 29.7. The monoisotopic (exact) mass is 714 g/mol. The van der Waals surface area contributed by atoms with Crippen molar-refractivity contribution in [2.75, 3.05) is 19.5 Å². The summed E-state index contributed by atoms with van der Waals surface area (Å²) in [7, 11) is 2.05. The lowest BCUT2D eigenvalue weighted by Gasteiger charge is -2.60. The van der Waals surface area contributed by atoms with Crippen LogP contribution in [-0.2, 0) is 39.5 Å². The Morgan fingerprint density at radius 3 is 1.36 bits per heavy atom. The number of rotatable bonds is 9. The molecule has 50 heavy (non-hydrogen) atoms. The number of hydrogen-bond donors (Lipinski definition) is 2. The van der Waals surface area contributed by atoms with Crippen LogP contribution in [-0.4, -0.2) is 55.9 Å². The van der Waals surface area contributed by atoms with Crippen molar-refractivity contribution in [2.24, 2.45) is 22.7 Å². The Hall–Kier alpha value is -4.10. The SMILES string of the molecule is CCC(C)(C)c1ccc(C(c2ccc(NC(=O)C3(C)C(C(=O)OC)C(C)(C(=O)NC(C)(C)C)C3C(=O)OC)cc2)(C(F)(F)F)C(F)(F)F)cc1. The fourth-order valence-electron chi connectivity index (χ4n) is 7.12. The lowest BCUT2D eigenvalue weighted by Crippen LogP contribution is -2.75. The first kappa shape index (κ1) is 40.3. The zero-order valence-electron chi connectivity index (χ0n) is 29.7. The molecule has 0 bridgehead atoms. The molecule has 276 valence electrons. The number of carbonyl (C=O) groups excluding carboxylic acids is 4. The number of nitrogens with one attached hydrogen (secondary N) is 2. The van der Waals surface area contributed by atoms with E-state index >= 15 is 0 Å². The Balaban J connectivity index is 2.12. The van der Waals surface area contributed by atoms with Crippen LogP contribution in [0.4, 0.5) is 32.0 Å². The third-order valence-electron chi connectivity index (χ3n) is 10.1. The highest BCUT2D eigenvalue weighted by atomic mass is 19.4. The van der Waals surface area contributed by atoms with Gasteiger partial charge in [0, 0.05) is 11.2 Å². The van der Waals surface area contributed by atoms with Crippen molar-refractivity contribution in [1.29, 1.82) is 0 Å². The first-order chi connectivity index (χ1) is 22.7. The molecule has 0 aromatic heterocycles. The van der Waals surface area contributed by atoms with Gasteiger partial charge in [0.2, 0.25) is 17.2 Å². The summed E-state index contributed by atoms with van der Waals surface area (Å²) in [5.41, 5.74) is -11.4. The summed E-state index contributed by atoms with van der Waals surface area (Å²) >= 11 is 0. The standard InChI is InChI=1S/C36H44F6N2O6/c1-11-31(5,6)20-12-14-21(15-13-20)34(35(37,38)39,36(40,41)42)22-16-18-23(19-17-22)43-28(47)32(7)24(26(45)49-9)33(8,25(32)27(46)50-10)29(48)44-30(2,3)4/h12-19,24-25H,11H2,1-10H3,(H,43,47)(H,44,48). The van der Waals surface area contributed by atoms with Gasteiger partial charge in [-0.1, -0.05) is 57.2 Å². The fraction of sp³-hybridized carbons (Fsp3) is 0.556. The van der Waals surface area contributed by atoms with Gasteiger partial charge < -0.3 is 20.1 Å². The molecule has 0 radical (unpaired) electrons. The largest absolute Gasteiger partial charge is 0.469 e. The summed E-state index contributed by atoms with van der Waals surface area (Å²) in [4.78, 5) is 53.7. The lowest BCUT2D eigenvalue weighted by atomic mass is 9.39. The van der Waals surface area contributed by atoms with Gasteiger partial charge in [-0.05, 0) is 75.3 Å². The molecule has 2 N–H and O–H groups in total. The van der Waals surface area contributed by atoms with Gasteiger partial charge in [-0.3, -0.25) is 19.2 Å². The molecular formula is C36H44F6N2O6. The summed E-state index contributed by atoms with van der Waals surface area (Å²) in [5, 5.41) is 5.11. The van der Waals surface area contributed by atoms with Crippen LogP contribution in [0.25, 0.3) is 0 Å². The summed E-state index contributed by atoms with van der Waals surface area (Å²) < 4.78 is 98.6. The summed E-state index contributed by atoms with van der Waals surface area (Å²) in [6.07, 6.45) is -11.1. The highest BCUT2D eigenvalue weighted by Gasteiger charge is 2.79. The Kier molecular flexibility index (Phi) is 10.7. The number of ether oxygens (including phenoxy) is 2. The molecular weight excluding hydrogens is 670 g/mol. The molecule has 1 aliphatic rings. The molecule has 3 rings (SSSR count). The number of carbonyl (C=O) groups is 4. The van der Waals surface area contributed by atoms with Gasteiger partial charge in [-0.2, -0.15) is 26.3 Å². The van der Waals surface area contributed by atoms with Crippen molar-refractivity contribution >= 4 is 29.4 Å². The van der Waals surface area contributed by atoms with Crippen LogP contribution >= 0.6 is 0 Å². The predicted octanol–water partition coefficient (Wildman–Crippen LogP) is 7.24. The Morgan fingerprint density at radius 2 is 1.02 bits per heavy atom. The fourth-order valence-corrected chi connectivity index (χ4v) is 7.12. The van der Waals surface area contributed by atoms with E-state index in [1.54, 1.807) is 20.8 Å². The molecule has 2 amide bonds. The average molecular weight is 715 g/mol. The Bertz CT molecular complexity index is 1570. The maximum absolute atomic E-state index is 14.8. The van der Waals surface area contributed by atoms with Crippen molar-refractivity contribution in [2.45, 2.75) is 90.5 Å². The van der Waals surface area contributed by atoms with E-state index in [-0.39, 0.29) is 5.69 Å². The van der Waals surface area contributed by atoms with E-state index in [0.717, 1.165) is 38.5 Å². The summed E-state index contributed by atoms with van der Waals surface area (Å²) in [5.74, 6) is -6.86. The molecule has 2 aromatic carbocycles. The second kappa shape index (κ2) is 13.2. The number of halogens is 6. The summed E-state index contributed by atoms with van der Waals surface area (Å²) in [6.45, 7) is 13.0. The molecule has 2 unspecified atom stereocenters. The minimum absolute atomic E-state index is 0.238. The number of alkyl halides is 6. The number of benzene rings is 2. The third-order valence-corrected chi connectivity index (χ3v) is 10.1. The third kappa shape index (κ3) is 6.45. The van der Waals surface area contributed by atoms with Crippen molar-refractivity contribution in [1.82, 2.24) is 5.32 Å². The summed E-state index contributed by atoms with van der Waals surface area (Å²) in [6, 6.07) is 7.11. The van der Waals surface area contributed by atoms with Crippen molar-refractivity contribution < 1.29 is 55.0 Å². The van der Waals surface area contributed by atoms with E-state index in [1.165, 1.54) is 26.0 Å². The van der Waals surface area contributed by atoms with E-state index in [9.17, 15) is 45.5 Å². The van der Waals surface area contributed by atoms with Crippen LogP contribution in [0.15, 0.2) is 48.5 Å². The van der Waals surface area contributed by atoms with Gasteiger partial charge in [-0.15, -0.1) is 0 Å². The minimum Gasteiger partial charge on any atom is -0.469 e. The first-order valence-corrected chi connectivity index (χ1v) is 15.9. The van der Waals surface area contributed by atoms with E-state index in [2.05, 4.69) is 10.6 Å². The number of esters is 2. The lowest BCUT2D eigenvalue weighted by molar-refractivity contribution is -0.288. The Labute approximate surface area is 287 Å². The maximum Gasteiger partial charge on any atom is 0.411 e. The highest BCUT2D eigenvalue weighted by molar-refractivity contribution is 6.08. The highest BCUT2D eigenvalue weighted by Crippen LogP contribution is 2.65. The van der Waals surface area contributed by atoms with Gasteiger partial charge in [0.05, 0.1) is 36.9 Å². The minimum atomic E-state index is -5.84. The second-order valence-corrected chi connectivity index (χ2v) is 14.8. The van der Waals surface area contributed by atoms with Crippen LogP contribution in [0.5, 0.6) is 0 Å². The average Bonchev–Trinajstić information content (AvgIpc) is 2.99. The quantitative estimate of drug-likeness (QED) is 0.209. The van der Waals surface area contributed by atoms with E-state index in [1.807, 2.05) is 20.8 Å². The first-order valence-electron chi connectivity index (χ1n) is 15.9. The molecule has 0 saturated heterocycles. The van der Waals surface area contributed by atoms with Crippen molar-refractivity contribution in [3.63, 3.8) is 0 Å². The van der Waals surface area contributed by atoms with Crippen LogP contribution in [0, 0.1) is 22.7 Å². The van der Waals surface area contributed by atoms with E-state index < -0.39 is 86.3 Å². The number of anilines is 1. The second-order valence-electron chi connectivity index (χ2n) is 14.8. The van der Waals surface area contributed by atoms with Crippen LogP contribution in [0.3, 0.4) is 0 Å². The molecule has 1 fully saturated rings. The molecule has 14 heteroatoms. The molecule has 2 atom stereocenters. The topological polar surface area (TPSA) is 111 Å². The van der Waals surface area contributed by atoms with Crippen molar-refractivity contribution in [3.05, 3.63) is 65.2 Å². The van der Waals surface area contributed by atoms with Crippen LogP contribution in [0.2, 0.25) is 0 Å². The van der Waals surface area contributed by atoms with Gasteiger partial charge >= 0.3 is 24.3 Å². The number of methoxy groups -OCH3 is 2. The predicted molar refractivity (Wildman–Crippen MR) is 173 cm³/mol. The van der Waals surface area contributed by atoms with Crippen LogP contribution in [0.1, 0.15) is 78.5 Å². The van der Waals surface area contributed by atoms with E-state index in [0.29, 0.717) is 24.1 Å². The molecule has 2 aromatic rings. The van der Waals surface area contributed by atoms with Gasteiger partial charge in [0.1, 0.15) is 0 Å². The molecule has 8 nitrogen and oxygen atoms in total. The normalized spacial score (nSPS) is 23.0. The smallest absolute Gasteiger partial charge is 0.411 e. The van der Waals surface area contributed by atoms with Crippen LogP contribution < -0.4 is 10.6 Å². The zero-order chi connectivity index (χ0) is 38.5. The number of hydrogen-bond acceptors (Lipinski definition) is 6. The molecule has 1 saturated carbocycles. The molecule has 0 spiro atoms. The molecule has 0 heterocycles. The van der Waals surface area contributed by atoms with Gasteiger partial charge in [0.15, 0.2) is 0 Å². The van der Waals surface area contributed by atoms with Crippen molar-refractivity contribution in [3.8, 4) is 0 Å². The molecule has 1 aliphatic carbocycles. The molecule has 0 aliphatic heterocycles.